The first-order valence-electron chi connectivity index (χ1n) is 7.69. The van der Waals surface area contributed by atoms with E-state index in [0.717, 1.165) is 22.9 Å². The molecule has 23 heavy (non-hydrogen) atoms. The number of thioether (sulfide) groups is 1. The lowest BCUT2D eigenvalue weighted by molar-refractivity contribution is -0.119. The van der Waals surface area contributed by atoms with Crippen molar-refractivity contribution < 1.29 is 4.79 Å². The molecule has 0 bridgehead atoms. The molecule has 0 aliphatic heterocycles. The molecule has 4 nitrogen and oxygen atoms in total. The van der Waals surface area contributed by atoms with Crippen LogP contribution in [0.2, 0.25) is 0 Å². The van der Waals surface area contributed by atoms with Gasteiger partial charge in [0, 0.05) is 11.4 Å². The largest absolute Gasteiger partial charge is 0.353 e. The molecule has 1 N–H and O–H groups in total. The van der Waals surface area contributed by atoms with Crippen LogP contribution in [0.5, 0.6) is 0 Å². The molecular formula is C18H21N3OS. The van der Waals surface area contributed by atoms with Crippen molar-refractivity contribution in [3.8, 4) is 6.07 Å². The number of fused-ring (bicyclic) bond motifs is 1. The van der Waals surface area contributed by atoms with Crippen molar-refractivity contribution in [2.75, 3.05) is 5.75 Å². The smallest absolute Gasteiger partial charge is 0.230 e. The molecule has 1 heterocycles. The summed E-state index contributed by atoms with van der Waals surface area (Å²) in [5.41, 5.74) is 3.69. The van der Waals surface area contributed by atoms with Gasteiger partial charge in [-0.25, -0.2) is 4.98 Å². The average molecular weight is 327 g/mol. The van der Waals surface area contributed by atoms with Crippen LogP contribution in [0, 0.1) is 25.2 Å². The zero-order valence-corrected chi connectivity index (χ0v) is 14.8. The van der Waals surface area contributed by atoms with Crippen LogP contribution in [0.4, 0.5) is 0 Å². The third kappa shape index (κ3) is 4.02. The zero-order valence-electron chi connectivity index (χ0n) is 13.9. The molecular weight excluding hydrogens is 306 g/mol. The lowest BCUT2D eigenvalue weighted by atomic mass is 10.0. The number of nitrogens with zero attached hydrogens (tertiary/aromatic N) is 2. The molecule has 1 amide bonds. The van der Waals surface area contributed by atoms with Gasteiger partial charge in [0.15, 0.2) is 0 Å². The van der Waals surface area contributed by atoms with Crippen LogP contribution in [0.3, 0.4) is 0 Å². The molecule has 1 aromatic heterocycles. The predicted molar refractivity (Wildman–Crippen MR) is 94.6 cm³/mol. The summed E-state index contributed by atoms with van der Waals surface area (Å²) in [7, 11) is 0. The van der Waals surface area contributed by atoms with E-state index in [0.29, 0.717) is 10.6 Å². The maximum absolute atomic E-state index is 11.9. The second-order valence-electron chi connectivity index (χ2n) is 5.70. The van der Waals surface area contributed by atoms with Crippen LogP contribution in [0.25, 0.3) is 10.9 Å². The third-order valence-electron chi connectivity index (χ3n) is 3.96. The second kappa shape index (κ2) is 7.47. The van der Waals surface area contributed by atoms with Crippen molar-refractivity contribution in [3.05, 3.63) is 34.9 Å². The van der Waals surface area contributed by atoms with Gasteiger partial charge in [0.25, 0.3) is 0 Å². The molecule has 0 fully saturated rings. The van der Waals surface area contributed by atoms with Gasteiger partial charge in [0.1, 0.15) is 11.1 Å². The number of hydrogen-bond acceptors (Lipinski definition) is 4. The van der Waals surface area contributed by atoms with Crippen LogP contribution in [-0.2, 0) is 4.79 Å². The van der Waals surface area contributed by atoms with E-state index in [4.69, 9.17) is 0 Å². The molecule has 0 spiro atoms. The highest BCUT2D eigenvalue weighted by molar-refractivity contribution is 8.00. The fourth-order valence-electron chi connectivity index (χ4n) is 2.21. The SMILES string of the molecule is CC[C@H](C)NC(=O)CSc1nc2c(C)c(C)ccc2cc1C#N. The van der Waals surface area contributed by atoms with Crippen LogP contribution >= 0.6 is 11.8 Å². The maximum Gasteiger partial charge on any atom is 0.230 e. The summed E-state index contributed by atoms with van der Waals surface area (Å²) < 4.78 is 0. The maximum atomic E-state index is 11.9. The number of hydrogen-bond donors (Lipinski definition) is 1. The van der Waals surface area contributed by atoms with Crippen molar-refractivity contribution >= 4 is 28.6 Å². The summed E-state index contributed by atoms with van der Waals surface area (Å²) in [4.78, 5) is 16.6. The highest BCUT2D eigenvalue weighted by Gasteiger charge is 2.12. The Kier molecular flexibility index (Phi) is 5.62. The molecule has 5 heteroatoms. The highest BCUT2D eigenvalue weighted by Crippen LogP contribution is 2.27. The van der Waals surface area contributed by atoms with Crippen LogP contribution in [-0.4, -0.2) is 22.7 Å². The number of aromatic nitrogens is 1. The van der Waals surface area contributed by atoms with Crippen molar-refractivity contribution in [1.82, 2.24) is 10.3 Å². The van der Waals surface area contributed by atoms with E-state index in [2.05, 4.69) is 16.4 Å². The summed E-state index contributed by atoms with van der Waals surface area (Å²) in [6.07, 6.45) is 0.895. The summed E-state index contributed by atoms with van der Waals surface area (Å²) in [5.74, 6) is 0.235. The van der Waals surface area contributed by atoms with Gasteiger partial charge in [-0.2, -0.15) is 5.26 Å². The Morgan fingerprint density at radius 1 is 1.43 bits per heavy atom. The van der Waals surface area contributed by atoms with Crippen molar-refractivity contribution in [2.45, 2.75) is 45.2 Å². The van der Waals surface area contributed by atoms with E-state index in [9.17, 15) is 10.1 Å². The molecule has 0 saturated heterocycles. The Labute approximate surface area is 141 Å². The van der Waals surface area contributed by atoms with Gasteiger partial charge in [-0.1, -0.05) is 30.8 Å². The molecule has 1 atom stereocenters. The lowest BCUT2D eigenvalue weighted by Gasteiger charge is -2.12. The van der Waals surface area contributed by atoms with Crippen molar-refractivity contribution in [2.24, 2.45) is 0 Å². The first-order valence-corrected chi connectivity index (χ1v) is 8.68. The Hall–Kier alpha value is -2.06. The number of nitrogens with one attached hydrogen (secondary N) is 1. The Morgan fingerprint density at radius 3 is 2.83 bits per heavy atom. The Balaban J connectivity index is 2.27. The van der Waals surface area contributed by atoms with E-state index < -0.39 is 0 Å². The number of carbonyl (C=O) groups excluding carboxylic acids is 1. The fourth-order valence-corrected chi connectivity index (χ4v) is 2.98. The Morgan fingerprint density at radius 2 is 2.17 bits per heavy atom. The quantitative estimate of drug-likeness (QED) is 0.850. The fraction of sp³-hybridized carbons (Fsp3) is 0.389. The van der Waals surface area contributed by atoms with Gasteiger partial charge >= 0.3 is 0 Å². The van der Waals surface area contributed by atoms with Crippen molar-refractivity contribution in [3.63, 3.8) is 0 Å². The summed E-state index contributed by atoms with van der Waals surface area (Å²) in [6.45, 7) is 8.08. The molecule has 2 rings (SSSR count). The minimum absolute atomic E-state index is 0.0314. The first kappa shape index (κ1) is 17.3. The number of amides is 1. The standard InChI is InChI=1S/C18H21N3OS/c1-5-12(3)20-16(22)10-23-18-15(9-19)8-14-7-6-11(2)13(4)17(14)21-18/h6-8,12H,5,10H2,1-4H3,(H,20,22)/t12-/m0/s1. The normalized spacial score (nSPS) is 12.0. The van der Waals surface area contributed by atoms with E-state index in [1.54, 1.807) is 0 Å². The van der Waals surface area contributed by atoms with Crippen molar-refractivity contribution in [1.29, 1.82) is 5.26 Å². The van der Waals surface area contributed by atoms with Crippen LogP contribution in [0.15, 0.2) is 23.2 Å². The van der Waals surface area contributed by atoms with E-state index in [-0.39, 0.29) is 17.7 Å². The number of nitriles is 1. The number of aryl methyl sites for hydroxylation is 2. The average Bonchev–Trinajstić information content (AvgIpc) is 2.55. The van der Waals surface area contributed by atoms with Crippen LogP contribution < -0.4 is 5.32 Å². The second-order valence-corrected chi connectivity index (χ2v) is 6.66. The molecule has 1 aromatic carbocycles. The molecule has 0 aliphatic carbocycles. The minimum Gasteiger partial charge on any atom is -0.353 e. The number of carbonyl (C=O) groups is 1. The molecule has 0 unspecified atom stereocenters. The van der Waals surface area contributed by atoms with E-state index in [1.807, 2.05) is 45.9 Å². The van der Waals surface area contributed by atoms with Gasteiger partial charge < -0.3 is 5.32 Å². The number of rotatable bonds is 5. The van der Waals surface area contributed by atoms with Gasteiger partial charge in [-0.3, -0.25) is 4.79 Å². The number of benzene rings is 1. The summed E-state index contributed by atoms with van der Waals surface area (Å²) in [5, 5.41) is 13.8. The van der Waals surface area contributed by atoms with Gasteiger partial charge in [-0.15, -0.1) is 0 Å². The molecule has 2 aromatic rings. The molecule has 0 radical (unpaired) electrons. The summed E-state index contributed by atoms with van der Waals surface area (Å²) >= 11 is 1.32. The van der Waals surface area contributed by atoms with Gasteiger partial charge in [0.05, 0.1) is 16.8 Å². The van der Waals surface area contributed by atoms with E-state index >= 15 is 0 Å². The topological polar surface area (TPSA) is 65.8 Å². The summed E-state index contributed by atoms with van der Waals surface area (Å²) in [6, 6.07) is 8.21. The molecule has 0 aliphatic rings. The predicted octanol–water partition coefficient (Wildman–Crippen LogP) is 3.73. The van der Waals surface area contributed by atoms with Gasteiger partial charge in [-0.05, 0) is 44.4 Å². The van der Waals surface area contributed by atoms with Gasteiger partial charge in [0.2, 0.25) is 5.91 Å². The molecule has 0 saturated carbocycles. The minimum atomic E-state index is -0.0314. The Bertz CT molecular complexity index is 780. The first-order chi connectivity index (χ1) is 11.0. The molecule has 120 valence electrons. The van der Waals surface area contributed by atoms with Crippen LogP contribution in [0.1, 0.15) is 37.0 Å². The number of pyridine rings is 1. The monoisotopic (exact) mass is 327 g/mol. The third-order valence-corrected chi connectivity index (χ3v) is 4.95. The highest BCUT2D eigenvalue weighted by atomic mass is 32.2. The zero-order chi connectivity index (χ0) is 17.0. The van der Waals surface area contributed by atoms with E-state index in [1.165, 1.54) is 17.3 Å². The lowest BCUT2D eigenvalue weighted by Crippen LogP contribution is -2.33.